The number of allylic oxidation sites excluding steroid dienone is 1. The van der Waals surface area contributed by atoms with Crippen LogP contribution in [0.2, 0.25) is 0 Å². The number of benzene rings is 1. The molecule has 1 unspecified atom stereocenters. The van der Waals surface area contributed by atoms with Gasteiger partial charge in [-0.2, -0.15) is 13.2 Å². The van der Waals surface area contributed by atoms with Gasteiger partial charge in [-0.3, -0.25) is 0 Å². The maximum absolute atomic E-state index is 12.8. The van der Waals surface area contributed by atoms with E-state index in [2.05, 4.69) is 11.3 Å². The van der Waals surface area contributed by atoms with Crippen molar-refractivity contribution in [2.75, 3.05) is 0 Å². The van der Waals surface area contributed by atoms with Gasteiger partial charge in [0.25, 0.3) is 0 Å². The van der Waals surface area contributed by atoms with Gasteiger partial charge in [0.1, 0.15) is 0 Å². The molecule has 22 heavy (non-hydrogen) atoms. The first-order valence-corrected chi connectivity index (χ1v) is 8.30. The summed E-state index contributed by atoms with van der Waals surface area (Å²) in [5.74, 6) is 0.0171. The molecule has 1 N–H and O–H groups in total. The minimum atomic E-state index is -4.60. The molecular formula is C15H20F3NO2S. The Labute approximate surface area is 129 Å². The summed E-state index contributed by atoms with van der Waals surface area (Å²) < 4.78 is 65.7. The van der Waals surface area contributed by atoms with Crippen molar-refractivity contribution >= 4 is 10.0 Å². The zero-order valence-corrected chi connectivity index (χ0v) is 13.6. The molecule has 0 saturated carbocycles. The van der Waals surface area contributed by atoms with Gasteiger partial charge >= 0.3 is 6.18 Å². The maximum Gasteiger partial charge on any atom is 0.416 e. The largest absolute Gasteiger partial charge is 0.416 e. The van der Waals surface area contributed by atoms with Crippen LogP contribution in [0.15, 0.2) is 35.7 Å². The van der Waals surface area contributed by atoms with Gasteiger partial charge < -0.3 is 0 Å². The van der Waals surface area contributed by atoms with Crippen LogP contribution in [0.5, 0.6) is 0 Å². The van der Waals surface area contributed by atoms with E-state index in [0.717, 1.165) is 6.07 Å². The molecule has 0 spiro atoms. The quantitative estimate of drug-likeness (QED) is 0.805. The highest BCUT2D eigenvalue weighted by Gasteiger charge is 2.33. The van der Waals surface area contributed by atoms with Crippen LogP contribution >= 0.6 is 0 Å². The SMILES string of the molecule is C=CCc1ccc(C(F)(F)F)cc1S(=O)(=O)NC(C)C(C)C. The molecule has 0 aliphatic carbocycles. The molecule has 0 radical (unpaired) electrons. The predicted molar refractivity (Wildman–Crippen MR) is 80.0 cm³/mol. The number of hydrogen-bond donors (Lipinski definition) is 1. The monoisotopic (exact) mass is 335 g/mol. The summed E-state index contributed by atoms with van der Waals surface area (Å²) in [5.41, 5.74) is -0.704. The van der Waals surface area contributed by atoms with E-state index in [0.29, 0.717) is 6.07 Å². The van der Waals surface area contributed by atoms with Crippen molar-refractivity contribution in [3.63, 3.8) is 0 Å². The van der Waals surface area contributed by atoms with Gasteiger partial charge in [0.15, 0.2) is 0 Å². The molecule has 0 aliphatic rings. The van der Waals surface area contributed by atoms with Gasteiger partial charge in [0, 0.05) is 6.04 Å². The van der Waals surface area contributed by atoms with Crippen LogP contribution in [0.1, 0.15) is 31.9 Å². The van der Waals surface area contributed by atoms with Crippen molar-refractivity contribution in [3.8, 4) is 0 Å². The number of rotatable bonds is 6. The normalized spacial score (nSPS) is 14.1. The second kappa shape index (κ2) is 6.83. The summed E-state index contributed by atoms with van der Waals surface area (Å²) in [6.45, 7) is 8.82. The fraction of sp³-hybridized carbons (Fsp3) is 0.467. The molecule has 0 fully saturated rings. The fourth-order valence-corrected chi connectivity index (χ4v) is 3.42. The van der Waals surface area contributed by atoms with E-state index in [9.17, 15) is 21.6 Å². The third-order valence-corrected chi connectivity index (χ3v) is 5.03. The number of nitrogens with one attached hydrogen (secondary N) is 1. The molecule has 0 aliphatic heterocycles. The second-order valence-electron chi connectivity index (χ2n) is 5.47. The molecule has 1 aromatic carbocycles. The number of halogens is 3. The van der Waals surface area contributed by atoms with Crippen LogP contribution in [0.25, 0.3) is 0 Å². The van der Waals surface area contributed by atoms with E-state index in [1.165, 1.54) is 12.1 Å². The molecule has 7 heteroatoms. The number of sulfonamides is 1. The average Bonchev–Trinajstić information content (AvgIpc) is 2.37. The van der Waals surface area contributed by atoms with E-state index in [1.807, 2.05) is 13.8 Å². The van der Waals surface area contributed by atoms with Gasteiger partial charge in [-0.05, 0) is 37.0 Å². The highest BCUT2D eigenvalue weighted by Crippen LogP contribution is 2.32. The van der Waals surface area contributed by atoms with E-state index in [4.69, 9.17) is 0 Å². The third-order valence-electron chi connectivity index (χ3n) is 3.39. The van der Waals surface area contributed by atoms with Gasteiger partial charge in [0.05, 0.1) is 10.5 Å². The molecule has 124 valence electrons. The van der Waals surface area contributed by atoms with Crippen LogP contribution in [0.4, 0.5) is 13.2 Å². The van der Waals surface area contributed by atoms with Crippen LogP contribution in [0, 0.1) is 5.92 Å². The highest BCUT2D eigenvalue weighted by molar-refractivity contribution is 7.89. The summed E-state index contributed by atoms with van der Waals surface area (Å²) in [6, 6.07) is 2.34. The molecule has 0 aromatic heterocycles. The van der Waals surface area contributed by atoms with Gasteiger partial charge in [-0.1, -0.05) is 26.0 Å². The van der Waals surface area contributed by atoms with E-state index >= 15 is 0 Å². The molecule has 1 atom stereocenters. The Bertz CT molecular complexity index is 637. The first-order chi connectivity index (χ1) is 9.99. The molecule has 0 heterocycles. The Balaban J connectivity index is 3.37. The van der Waals surface area contributed by atoms with Crippen molar-refractivity contribution in [3.05, 3.63) is 42.0 Å². The van der Waals surface area contributed by atoms with Crippen LogP contribution < -0.4 is 4.72 Å². The molecule has 0 bridgehead atoms. The zero-order chi connectivity index (χ0) is 17.1. The van der Waals surface area contributed by atoms with Crippen molar-refractivity contribution in [1.29, 1.82) is 0 Å². The fourth-order valence-electron chi connectivity index (χ4n) is 1.75. The Kier molecular flexibility index (Phi) is 5.81. The van der Waals surface area contributed by atoms with Crippen molar-refractivity contribution in [2.24, 2.45) is 5.92 Å². The van der Waals surface area contributed by atoms with Gasteiger partial charge in [-0.15, -0.1) is 6.58 Å². The van der Waals surface area contributed by atoms with Crippen molar-refractivity contribution in [1.82, 2.24) is 4.72 Å². The lowest BCUT2D eigenvalue weighted by atomic mass is 10.1. The van der Waals surface area contributed by atoms with Crippen LogP contribution in [-0.2, 0) is 22.6 Å². The molecular weight excluding hydrogens is 315 g/mol. The predicted octanol–water partition coefficient (Wildman–Crippen LogP) is 3.76. The average molecular weight is 335 g/mol. The van der Waals surface area contributed by atoms with Crippen LogP contribution in [-0.4, -0.2) is 14.5 Å². The Morgan fingerprint density at radius 2 is 1.86 bits per heavy atom. The summed E-state index contributed by atoms with van der Waals surface area (Å²) in [7, 11) is -4.04. The topological polar surface area (TPSA) is 46.2 Å². The molecule has 1 rings (SSSR count). The minimum absolute atomic E-state index is 0.0171. The van der Waals surface area contributed by atoms with E-state index in [1.54, 1.807) is 6.92 Å². The first-order valence-electron chi connectivity index (χ1n) is 6.82. The lowest BCUT2D eigenvalue weighted by molar-refractivity contribution is -0.137. The summed E-state index contributed by atoms with van der Waals surface area (Å²) >= 11 is 0. The third kappa shape index (κ3) is 4.58. The zero-order valence-electron chi connectivity index (χ0n) is 12.7. The Hall–Kier alpha value is -1.34. The van der Waals surface area contributed by atoms with Crippen LogP contribution in [0.3, 0.4) is 0 Å². The van der Waals surface area contributed by atoms with Gasteiger partial charge in [0.2, 0.25) is 10.0 Å². The number of alkyl halides is 3. The molecule has 0 amide bonds. The minimum Gasteiger partial charge on any atom is -0.208 e. The summed E-state index contributed by atoms with van der Waals surface area (Å²) in [6.07, 6.45) is -2.97. The lowest BCUT2D eigenvalue weighted by Crippen LogP contribution is -2.36. The maximum atomic E-state index is 12.8. The first kappa shape index (κ1) is 18.7. The van der Waals surface area contributed by atoms with Gasteiger partial charge in [-0.25, -0.2) is 13.1 Å². The van der Waals surface area contributed by atoms with E-state index < -0.39 is 27.8 Å². The lowest BCUT2D eigenvalue weighted by Gasteiger charge is -2.19. The summed E-state index contributed by atoms with van der Waals surface area (Å²) in [5, 5.41) is 0. The smallest absolute Gasteiger partial charge is 0.208 e. The van der Waals surface area contributed by atoms with E-state index in [-0.39, 0.29) is 22.8 Å². The number of hydrogen-bond acceptors (Lipinski definition) is 2. The Morgan fingerprint density at radius 1 is 1.27 bits per heavy atom. The molecule has 0 saturated heterocycles. The summed E-state index contributed by atoms with van der Waals surface area (Å²) in [4.78, 5) is -0.352. The second-order valence-corrected chi connectivity index (χ2v) is 7.15. The highest BCUT2D eigenvalue weighted by atomic mass is 32.2. The standard InChI is InChI=1S/C15H20F3NO2S/c1-5-6-12-7-8-13(15(16,17)18)9-14(12)22(20,21)19-11(4)10(2)3/h5,7-11,19H,1,6H2,2-4H3. The molecule has 3 nitrogen and oxygen atoms in total. The Morgan fingerprint density at radius 3 is 2.32 bits per heavy atom. The van der Waals surface area contributed by atoms with Crippen molar-refractivity contribution < 1.29 is 21.6 Å². The van der Waals surface area contributed by atoms with Crippen molar-refractivity contribution in [2.45, 2.75) is 44.3 Å². The molecule has 1 aromatic rings.